The molecule has 9 heteroatoms. The van der Waals surface area contributed by atoms with E-state index in [1.165, 1.54) is 17.6 Å². The summed E-state index contributed by atoms with van der Waals surface area (Å²) < 4.78 is 29.6. The SMILES string of the molecule is CN(Cc1ccc(OCC(=O)NCCSCc2ccccc2Cl)cc1)S(C)(=O)=O. The highest BCUT2D eigenvalue weighted by Gasteiger charge is 2.11. The van der Waals surface area contributed by atoms with Gasteiger partial charge in [-0.25, -0.2) is 12.7 Å². The Morgan fingerprint density at radius 2 is 1.86 bits per heavy atom. The van der Waals surface area contributed by atoms with E-state index >= 15 is 0 Å². The maximum atomic E-state index is 11.9. The first-order valence-electron chi connectivity index (χ1n) is 8.96. The fraction of sp³-hybridized carbons (Fsp3) is 0.350. The Balaban J connectivity index is 1.64. The fourth-order valence-corrected chi connectivity index (χ4v) is 3.85. The molecule has 1 amide bonds. The molecule has 0 bridgehead atoms. The molecule has 0 aliphatic heterocycles. The molecule has 0 aliphatic carbocycles. The predicted octanol–water partition coefficient (Wildman–Crippen LogP) is 3.16. The van der Waals surface area contributed by atoms with Gasteiger partial charge >= 0.3 is 0 Å². The van der Waals surface area contributed by atoms with Crippen LogP contribution in [0.1, 0.15) is 11.1 Å². The summed E-state index contributed by atoms with van der Waals surface area (Å²) in [6.07, 6.45) is 1.17. The number of nitrogens with one attached hydrogen (secondary N) is 1. The van der Waals surface area contributed by atoms with Crippen LogP contribution in [-0.2, 0) is 27.1 Å². The largest absolute Gasteiger partial charge is 0.484 e. The Morgan fingerprint density at radius 1 is 1.17 bits per heavy atom. The Hall–Kier alpha value is -1.74. The third-order valence-electron chi connectivity index (χ3n) is 4.05. The van der Waals surface area contributed by atoms with Gasteiger partial charge in [-0.05, 0) is 29.3 Å². The van der Waals surface area contributed by atoms with E-state index in [2.05, 4.69) is 5.32 Å². The van der Waals surface area contributed by atoms with Gasteiger partial charge in [-0.1, -0.05) is 41.9 Å². The van der Waals surface area contributed by atoms with Crippen LogP contribution >= 0.6 is 23.4 Å². The molecule has 2 aromatic rings. The lowest BCUT2D eigenvalue weighted by Crippen LogP contribution is -2.30. The van der Waals surface area contributed by atoms with Crippen LogP contribution in [0.4, 0.5) is 0 Å². The van der Waals surface area contributed by atoms with Crippen LogP contribution in [0.3, 0.4) is 0 Å². The molecule has 0 spiro atoms. The molecular formula is C20H25ClN2O4S2. The van der Waals surface area contributed by atoms with Crippen molar-refractivity contribution in [2.24, 2.45) is 0 Å². The van der Waals surface area contributed by atoms with E-state index in [1.807, 2.05) is 24.3 Å². The third-order valence-corrected chi connectivity index (χ3v) is 6.69. The average Bonchev–Trinajstić information content (AvgIpc) is 2.68. The normalized spacial score (nSPS) is 11.4. The van der Waals surface area contributed by atoms with E-state index in [1.54, 1.807) is 36.0 Å². The minimum Gasteiger partial charge on any atom is -0.484 e. The summed E-state index contributed by atoms with van der Waals surface area (Å²) in [5, 5.41) is 3.57. The number of hydrogen-bond acceptors (Lipinski definition) is 5. The number of benzene rings is 2. The first-order chi connectivity index (χ1) is 13.8. The molecule has 0 unspecified atom stereocenters. The van der Waals surface area contributed by atoms with Gasteiger partial charge in [0.15, 0.2) is 6.61 Å². The molecule has 0 fully saturated rings. The van der Waals surface area contributed by atoms with Crippen LogP contribution in [0.15, 0.2) is 48.5 Å². The molecule has 1 N–H and O–H groups in total. The molecule has 0 saturated heterocycles. The van der Waals surface area contributed by atoms with E-state index in [-0.39, 0.29) is 19.1 Å². The van der Waals surface area contributed by atoms with Crippen molar-refractivity contribution >= 4 is 39.3 Å². The molecule has 6 nitrogen and oxygen atoms in total. The molecule has 29 heavy (non-hydrogen) atoms. The summed E-state index contributed by atoms with van der Waals surface area (Å²) in [4.78, 5) is 11.9. The standard InChI is InChI=1S/C20H25ClN2O4S2/c1-23(29(2,25)26)13-16-7-9-18(10-8-16)27-14-20(24)22-11-12-28-15-17-5-3-4-6-19(17)21/h3-10H,11-15H2,1-2H3,(H,22,24). The molecule has 0 aliphatic rings. The van der Waals surface area contributed by atoms with Crippen LogP contribution < -0.4 is 10.1 Å². The highest BCUT2D eigenvalue weighted by molar-refractivity contribution is 7.98. The van der Waals surface area contributed by atoms with E-state index in [9.17, 15) is 13.2 Å². The number of thioether (sulfide) groups is 1. The van der Waals surface area contributed by atoms with Gasteiger partial charge in [0.2, 0.25) is 10.0 Å². The van der Waals surface area contributed by atoms with Crippen molar-refractivity contribution in [3.63, 3.8) is 0 Å². The molecule has 0 aromatic heterocycles. The van der Waals surface area contributed by atoms with Crippen molar-refractivity contribution < 1.29 is 17.9 Å². The smallest absolute Gasteiger partial charge is 0.257 e. The van der Waals surface area contributed by atoms with E-state index < -0.39 is 10.0 Å². The second-order valence-electron chi connectivity index (χ2n) is 6.45. The zero-order valence-corrected chi connectivity index (χ0v) is 18.8. The van der Waals surface area contributed by atoms with E-state index in [0.29, 0.717) is 12.3 Å². The van der Waals surface area contributed by atoms with Gasteiger partial charge in [-0.3, -0.25) is 4.79 Å². The van der Waals surface area contributed by atoms with Crippen LogP contribution in [0.25, 0.3) is 0 Å². The fourth-order valence-electron chi connectivity index (χ4n) is 2.33. The summed E-state index contributed by atoms with van der Waals surface area (Å²) in [6.45, 7) is 0.761. The molecule has 158 valence electrons. The van der Waals surface area contributed by atoms with Crippen LogP contribution in [0.2, 0.25) is 5.02 Å². The van der Waals surface area contributed by atoms with Gasteiger partial charge in [0.05, 0.1) is 6.26 Å². The number of halogens is 1. The molecule has 0 radical (unpaired) electrons. The lowest BCUT2D eigenvalue weighted by atomic mass is 10.2. The number of hydrogen-bond donors (Lipinski definition) is 1. The quantitative estimate of drug-likeness (QED) is 0.525. The van der Waals surface area contributed by atoms with Crippen molar-refractivity contribution in [3.05, 3.63) is 64.7 Å². The van der Waals surface area contributed by atoms with E-state index in [0.717, 1.165) is 27.7 Å². The van der Waals surface area contributed by atoms with Crippen molar-refractivity contribution in [1.29, 1.82) is 0 Å². The number of sulfonamides is 1. The number of amides is 1. The number of ether oxygens (including phenoxy) is 1. The van der Waals surface area contributed by atoms with E-state index in [4.69, 9.17) is 16.3 Å². The summed E-state index contributed by atoms with van der Waals surface area (Å²) in [7, 11) is -1.70. The number of nitrogens with zero attached hydrogens (tertiary/aromatic N) is 1. The lowest BCUT2D eigenvalue weighted by Gasteiger charge is -2.14. The Labute approximate surface area is 181 Å². The molecular weight excluding hydrogens is 432 g/mol. The molecule has 2 aromatic carbocycles. The second-order valence-corrected chi connectivity index (χ2v) is 10.0. The zero-order valence-electron chi connectivity index (χ0n) is 16.4. The Bertz CT molecular complexity index is 905. The minimum atomic E-state index is -3.22. The third kappa shape index (κ3) is 8.65. The maximum Gasteiger partial charge on any atom is 0.257 e. The number of carbonyl (C=O) groups is 1. The zero-order chi connectivity index (χ0) is 21.3. The molecule has 0 saturated carbocycles. The molecule has 0 heterocycles. The monoisotopic (exact) mass is 456 g/mol. The van der Waals surface area contributed by atoms with Gasteiger partial charge in [-0.15, -0.1) is 0 Å². The summed E-state index contributed by atoms with van der Waals surface area (Å²) in [5.41, 5.74) is 1.92. The summed E-state index contributed by atoms with van der Waals surface area (Å²) in [5.74, 6) is 1.94. The lowest BCUT2D eigenvalue weighted by molar-refractivity contribution is -0.122. The van der Waals surface area contributed by atoms with Crippen LogP contribution in [0, 0.1) is 0 Å². The first kappa shape index (κ1) is 23.5. The van der Waals surface area contributed by atoms with Gasteiger partial charge in [0.1, 0.15) is 5.75 Å². The van der Waals surface area contributed by atoms with Crippen molar-refractivity contribution in [1.82, 2.24) is 9.62 Å². The molecule has 2 rings (SSSR count). The van der Waals surface area contributed by atoms with Crippen molar-refractivity contribution in [3.8, 4) is 5.75 Å². The summed E-state index contributed by atoms with van der Waals surface area (Å²) in [6, 6.07) is 14.7. The van der Waals surface area contributed by atoms with Gasteiger partial charge in [-0.2, -0.15) is 11.8 Å². The van der Waals surface area contributed by atoms with Gasteiger partial charge in [0, 0.05) is 36.7 Å². The minimum absolute atomic E-state index is 0.0717. The van der Waals surface area contributed by atoms with Gasteiger partial charge < -0.3 is 10.1 Å². The highest BCUT2D eigenvalue weighted by Crippen LogP contribution is 2.20. The van der Waals surface area contributed by atoms with Crippen molar-refractivity contribution in [2.75, 3.05) is 32.2 Å². The van der Waals surface area contributed by atoms with Crippen molar-refractivity contribution in [2.45, 2.75) is 12.3 Å². The van der Waals surface area contributed by atoms with Crippen LogP contribution in [0.5, 0.6) is 5.75 Å². The summed E-state index contributed by atoms with van der Waals surface area (Å²) >= 11 is 7.81. The second kappa shape index (κ2) is 11.4. The molecule has 0 atom stereocenters. The Kier molecular flexibility index (Phi) is 9.29. The Morgan fingerprint density at radius 3 is 2.52 bits per heavy atom. The number of carbonyl (C=O) groups excluding carboxylic acids is 1. The van der Waals surface area contributed by atoms with Crippen LogP contribution in [-0.4, -0.2) is 50.8 Å². The predicted molar refractivity (Wildman–Crippen MR) is 119 cm³/mol. The topological polar surface area (TPSA) is 75.7 Å². The number of rotatable bonds is 11. The highest BCUT2D eigenvalue weighted by atomic mass is 35.5. The average molecular weight is 457 g/mol. The van der Waals surface area contributed by atoms with Gasteiger partial charge in [0.25, 0.3) is 5.91 Å². The first-order valence-corrected chi connectivity index (χ1v) is 12.3. The maximum absolute atomic E-state index is 11.9.